The van der Waals surface area contributed by atoms with Gasteiger partial charge in [0, 0.05) is 81.5 Å². The molecule has 7 rings (SSSR count). The SMILES string of the molecule is Cc1c(-c2nccc(C(=O)Nc3nc4ccc(N5CCC(N6CCN(C)CC6)CC5)cc4n3C3CCC(O)CC3)c2F)cnn1C. The van der Waals surface area contributed by atoms with Crippen LogP contribution in [0.1, 0.15) is 60.6 Å². The fourth-order valence-corrected chi connectivity index (χ4v) is 7.44. The minimum Gasteiger partial charge on any atom is -0.393 e. The summed E-state index contributed by atoms with van der Waals surface area (Å²) < 4.78 is 19.6. The minimum absolute atomic E-state index is 0.0535. The molecule has 12 heteroatoms. The van der Waals surface area contributed by atoms with Crippen molar-refractivity contribution in [2.24, 2.45) is 7.05 Å². The molecule has 3 fully saturated rings. The lowest BCUT2D eigenvalue weighted by Gasteiger charge is -2.42. The molecule has 2 saturated heterocycles. The van der Waals surface area contributed by atoms with E-state index in [0.717, 1.165) is 87.4 Å². The zero-order valence-electron chi connectivity index (χ0n) is 27.0. The third-order valence-electron chi connectivity index (χ3n) is 10.4. The molecule has 244 valence electrons. The normalized spacial score (nSPS) is 22.1. The smallest absolute Gasteiger partial charge is 0.261 e. The summed E-state index contributed by atoms with van der Waals surface area (Å²) in [5, 5.41) is 17.4. The number of aliphatic hydroxyl groups excluding tert-OH is 1. The molecule has 0 unspecified atom stereocenters. The molecular weight excluding hydrogens is 585 g/mol. The maximum atomic E-state index is 15.8. The molecule has 3 aromatic heterocycles. The number of fused-ring (bicyclic) bond motifs is 1. The second-order valence-corrected chi connectivity index (χ2v) is 13.2. The second-order valence-electron chi connectivity index (χ2n) is 13.2. The third-order valence-corrected chi connectivity index (χ3v) is 10.4. The Morgan fingerprint density at radius 1 is 0.957 bits per heavy atom. The summed E-state index contributed by atoms with van der Waals surface area (Å²) in [6.07, 6.45) is 7.88. The number of nitrogens with zero attached hydrogens (tertiary/aromatic N) is 8. The van der Waals surface area contributed by atoms with Gasteiger partial charge >= 0.3 is 0 Å². The van der Waals surface area contributed by atoms with Crippen molar-refractivity contribution in [3.63, 3.8) is 0 Å². The van der Waals surface area contributed by atoms with Gasteiger partial charge in [-0.1, -0.05) is 0 Å². The van der Waals surface area contributed by atoms with Crippen LogP contribution in [-0.4, -0.2) is 104 Å². The molecule has 1 saturated carbocycles. The van der Waals surface area contributed by atoms with Gasteiger partial charge in [-0.25, -0.2) is 9.37 Å². The largest absolute Gasteiger partial charge is 0.393 e. The molecule has 0 bridgehead atoms. The average molecular weight is 630 g/mol. The molecule has 2 aliphatic heterocycles. The summed E-state index contributed by atoms with van der Waals surface area (Å²) in [7, 11) is 3.98. The molecule has 2 N–H and O–H groups in total. The Morgan fingerprint density at radius 2 is 1.70 bits per heavy atom. The lowest BCUT2D eigenvalue weighted by atomic mass is 9.93. The Balaban J connectivity index is 1.16. The molecule has 5 heterocycles. The number of piperazine rings is 1. The van der Waals surface area contributed by atoms with Gasteiger partial charge in [0.15, 0.2) is 5.82 Å². The molecular formula is C34H44FN9O2. The van der Waals surface area contributed by atoms with E-state index in [0.29, 0.717) is 30.4 Å². The molecule has 1 aliphatic carbocycles. The Morgan fingerprint density at radius 3 is 2.39 bits per heavy atom. The van der Waals surface area contributed by atoms with E-state index >= 15 is 4.39 Å². The number of hydrogen-bond acceptors (Lipinski definition) is 8. The number of imidazole rings is 1. The van der Waals surface area contributed by atoms with Crippen LogP contribution in [0, 0.1) is 12.7 Å². The fourth-order valence-electron chi connectivity index (χ4n) is 7.44. The number of hydrogen-bond donors (Lipinski definition) is 2. The monoisotopic (exact) mass is 629 g/mol. The Kier molecular flexibility index (Phi) is 8.51. The molecule has 46 heavy (non-hydrogen) atoms. The second kappa shape index (κ2) is 12.7. The summed E-state index contributed by atoms with van der Waals surface area (Å²) in [6.45, 7) is 8.39. The predicted molar refractivity (Wildman–Crippen MR) is 177 cm³/mol. The van der Waals surface area contributed by atoms with Crippen LogP contribution in [0.5, 0.6) is 0 Å². The molecule has 4 aromatic rings. The van der Waals surface area contributed by atoms with E-state index in [1.165, 1.54) is 12.3 Å². The van der Waals surface area contributed by atoms with E-state index < -0.39 is 11.7 Å². The van der Waals surface area contributed by atoms with Crippen molar-refractivity contribution in [3.8, 4) is 11.3 Å². The van der Waals surface area contributed by atoms with Crippen LogP contribution >= 0.6 is 0 Å². The number of rotatable bonds is 6. The maximum Gasteiger partial charge on any atom is 0.261 e. The standard InChI is InChI=1S/C34H44FN9O2/c1-22-28(21-37-41(22)3)32-31(35)27(10-13-36-32)33(46)39-34-38-29-9-6-25(20-30(29)44(34)24-4-7-26(45)8-5-24)42-14-11-23(12-15-42)43-18-16-40(2)17-19-43/h6,9-10,13,20-21,23-24,26,45H,4-5,7-8,11-12,14-19H2,1-3H3,(H,38,39,46). The zero-order valence-corrected chi connectivity index (χ0v) is 27.0. The number of anilines is 2. The van der Waals surface area contributed by atoms with E-state index in [9.17, 15) is 9.90 Å². The zero-order chi connectivity index (χ0) is 31.9. The van der Waals surface area contributed by atoms with Crippen LogP contribution in [0.2, 0.25) is 0 Å². The highest BCUT2D eigenvalue weighted by Gasteiger charge is 2.30. The Bertz CT molecular complexity index is 1710. The van der Waals surface area contributed by atoms with Gasteiger partial charge in [-0.15, -0.1) is 0 Å². The fraction of sp³-hybridized carbons (Fsp3) is 0.529. The van der Waals surface area contributed by atoms with Crippen LogP contribution < -0.4 is 10.2 Å². The third kappa shape index (κ3) is 5.89. The number of amides is 1. The molecule has 0 radical (unpaired) electrons. The van der Waals surface area contributed by atoms with Gasteiger partial charge in [-0.05, 0) is 76.8 Å². The van der Waals surface area contributed by atoms with Crippen molar-refractivity contribution in [1.29, 1.82) is 0 Å². The first kappa shape index (κ1) is 30.8. The van der Waals surface area contributed by atoms with Crippen LogP contribution in [0.25, 0.3) is 22.3 Å². The number of likely N-dealkylation sites (N-methyl/N-ethyl adjacent to an activating group) is 1. The predicted octanol–water partition coefficient (Wildman–Crippen LogP) is 4.22. The van der Waals surface area contributed by atoms with Crippen LogP contribution in [0.15, 0.2) is 36.7 Å². The van der Waals surface area contributed by atoms with Gasteiger partial charge in [0.1, 0.15) is 5.69 Å². The van der Waals surface area contributed by atoms with Crippen molar-refractivity contribution < 1.29 is 14.3 Å². The van der Waals surface area contributed by atoms with Crippen LogP contribution in [0.4, 0.5) is 16.0 Å². The maximum absolute atomic E-state index is 15.8. The van der Waals surface area contributed by atoms with Crippen molar-refractivity contribution in [3.05, 3.63) is 53.7 Å². The number of piperidine rings is 1. The van der Waals surface area contributed by atoms with Crippen molar-refractivity contribution in [2.45, 2.75) is 63.6 Å². The molecule has 0 atom stereocenters. The summed E-state index contributed by atoms with van der Waals surface area (Å²) in [4.78, 5) is 30.3. The summed E-state index contributed by atoms with van der Waals surface area (Å²) >= 11 is 0. The topological polar surface area (TPSA) is 108 Å². The van der Waals surface area contributed by atoms with Gasteiger partial charge in [-0.3, -0.25) is 24.7 Å². The van der Waals surface area contributed by atoms with E-state index in [2.05, 4.69) is 53.8 Å². The van der Waals surface area contributed by atoms with E-state index in [4.69, 9.17) is 4.98 Å². The highest BCUT2D eigenvalue weighted by Crippen LogP contribution is 2.37. The van der Waals surface area contributed by atoms with Crippen molar-refractivity contribution >= 4 is 28.6 Å². The van der Waals surface area contributed by atoms with Gasteiger partial charge in [0.2, 0.25) is 5.95 Å². The Hall–Kier alpha value is -3.87. The highest BCUT2D eigenvalue weighted by molar-refractivity contribution is 6.05. The van der Waals surface area contributed by atoms with Gasteiger partial charge < -0.3 is 19.5 Å². The summed E-state index contributed by atoms with van der Waals surface area (Å²) in [5.41, 5.74) is 4.16. The lowest BCUT2D eigenvalue weighted by molar-refractivity contribution is 0.0982. The number of nitrogens with one attached hydrogen (secondary N) is 1. The molecule has 1 aromatic carbocycles. The number of aryl methyl sites for hydroxylation is 1. The van der Waals surface area contributed by atoms with Gasteiger partial charge in [0.05, 0.1) is 28.9 Å². The lowest BCUT2D eigenvalue weighted by Crippen LogP contribution is -2.52. The van der Waals surface area contributed by atoms with Crippen molar-refractivity contribution in [1.82, 2.24) is 34.1 Å². The number of pyridine rings is 1. The van der Waals surface area contributed by atoms with E-state index in [1.807, 2.05) is 13.0 Å². The van der Waals surface area contributed by atoms with Crippen LogP contribution in [-0.2, 0) is 7.05 Å². The van der Waals surface area contributed by atoms with Crippen LogP contribution in [0.3, 0.4) is 0 Å². The molecule has 3 aliphatic rings. The average Bonchev–Trinajstić information content (AvgIpc) is 3.59. The van der Waals surface area contributed by atoms with Gasteiger partial charge in [-0.2, -0.15) is 5.10 Å². The first-order chi connectivity index (χ1) is 22.3. The first-order valence-corrected chi connectivity index (χ1v) is 16.6. The molecule has 1 amide bonds. The number of halogens is 1. The van der Waals surface area contributed by atoms with Gasteiger partial charge in [0.25, 0.3) is 5.91 Å². The number of benzene rings is 1. The van der Waals surface area contributed by atoms with E-state index in [-0.39, 0.29) is 23.4 Å². The summed E-state index contributed by atoms with van der Waals surface area (Å²) in [6, 6.07) is 8.42. The number of carbonyl (C=O) groups is 1. The number of carbonyl (C=O) groups excluding carboxylic acids is 1. The minimum atomic E-state index is -0.693. The first-order valence-electron chi connectivity index (χ1n) is 16.6. The molecule has 11 nitrogen and oxygen atoms in total. The Labute approximate surface area is 269 Å². The molecule has 0 spiro atoms. The quantitative estimate of drug-likeness (QED) is 0.327. The number of aliphatic hydroxyl groups is 1. The number of aromatic nitrogens is 5. The summed E-state index contributed by atoms with van der Waals surface area (Å²) in [5.74, 6) is -0.884. The van der Waals surface area contributed by atoms with Crippen molar-refractivity contribution in [2.75, 3.05) is 56.5 Å². The highest BCUT2D eigenvalue weighted by atomic mass is 19.1. The van der Waals surface area contributed by atoms with E-state index in [1.54, 1.807) is 17.9 Å².